The van der Waals surface area contributed by atoms with Gasteiger partial charge in [-0.05, 0) is 19.3 Å². The predicted octanol–water partition coefficient (Wildman–Crippen LogP) is 1.58. The standard InChI is InChI=1S/C11H17NO2/c1-3-9(13)7-11(14)12-10-6-4-5-8(10)2/h10H,2-7H2,1H3,(H,12,14). The lowest BCUT2D eigenvalue weighted by molar-refractivity contribution is -0.128. The Kier molecular flexibility index (Phi) is 3.86. The Balaban J connectivity index is 2.33. The molecule has 78 valence electrons. The lowest BCUT2D eigenvalue weighted by Crippen LogP contribution is -2.34. The number of rotatable bonds is 4. The van der Waals surface area contributed by atoms with E-state index < -0.39 is 0 Å². The van der Waals surface area contributed by atoms with Crippen LogP contribution >= 0.6 is 0 Å². The Hall–Kier alpha value is -1.12. The van der Waals surface area contributed by atoms with Crippen LogP contribution in [0.1, 0.15) is 39.0 Å². The Morgan fingerprint density at radius 2 is 2.29 bits per heavy atom. The van der Waals surface area contributed by atoms with Crippen LogP contribution in [0.3, 0.4) is 0 Å². The van der Waals surface area contributed by atoms with E-state index in [0.29, 0.717) is 6.42 Å². The van der Waals surface area contributed by atoms with Crippen molar-refractivity contribution in [3.8, 4) is 0 Å². The molecule has 0 bridgehead atoms. The number of nitrogens with one attached hydrogen (secondary N) is 1. The van der Waals surface area contributed by atoms with Gasteiger partial charge in [0.2, 0.25) is 5.91 Å². The fraction of sp³-hybridized carbons (Fsp3) is 0.636. The third-order valence-corrected chi connectivity index (χ3v) is 2.57. The van der Waals surface area contributed by atoms with Gasteiger partial charge in [-0.1, -0.05) is 19.1 Å². The highest BCUT2D eigenvalue weighted by Gasteiger charge is 2.21. The zero-order valence-corrected chi connectivity index (χ0v) is 8.64. The van der Waals surface area contributed by atoms with Gasteiger partial charge >= 0.3 is 0 Å². The van der Waals surface area contributed by atoms with Gasteiger partial charge in [0, 0.05) is 12.5 Å². The van der Waals surface area contributed by atoms with Crippen LogP contribution in [0.5, 0.6) is 0 Å². The van der Waals surface area contributed by atoms with Crippen LogP contribution in [-0.2, 0) is 9.59 Å². The predicted molar refractivity (Wildman–Crippen MR) is 54.8 cm³/mol. The van der Waals surface area contributed by atoms with Crippen molar-refractivity contribution < 1.29 is 9.59 Å². The summed E-state index contributed by atoms with van der Waals surface area (Å²) in [6, 6.07) is 0.104. The van der Waals surface area contributed by atoms with E-state index in [0.717, 1.165) is 24.8 Å². The smallest absolute Gasteiger partial charge is 0.227 e. The zero-order chi connectivity index (χ0) is 10.6. The van der Waals surface area contributed by atoms with Gasteiger partial charge in [-0.25, -0.2) is 0 Å². The largest absolute Gasteiger partial charge is 0.349 e. The van der Waals surface area contributed by atoms with E-state index in [1.807, 2.05) is 0 Å². The van der Waals surface area contributed by atoms with Crippen LogP contribution in [0, 0.1) is 0 Å². The molecule has 3 nitrogen and oxygen atoms in total. The Bertz CT molecular complexity index is 258. The van der Waals surface area contributed by atoms with Crippen LogP contribution in [0.4, 0.5) is 0 Å². The lowest BCUT2D eigenvalue weighted by atomic mass is 10.1. The van der Waals surface area contributed by atoms with E-state index >= 15 is 0 Å². The van der Waals surface area contributed by atoms with Crippen molar-refractivity contribution in [1.29, 1.82) is 0 Å². The van der Waals surface area contributed by atoms with Crippen LogP contribution in [-0.4, -0.2) is 17.7 Å². The van der Waals surface area contributed by atoms with Gasteiger partial charge in [-0.2, -0.15) is 0 Å². The van der Waals surface area contributed by atoms with Gasteiger partial charge in [0.05, 0.1) is 6.42 Å². The summed E-state index contributed by atoms with van der Waals surface area (Å²) in [5.74, 6) is -0.170. The van der Waals surface area contributed by atoms with Gasteiger partial charge < -0.3 is 5.32 Å². The first-order chi connectivity index (χ1) is 6.63. The second kappa shape index (κ2) is 4.94. The van der Waals surface area contributed by atoms with E-state index in [-0.39, 0.29) is 24.2 Å². The molecule has 1 N–H and O–H groups in total. The first kappa shape index (κ1) is 11.0. The van der Waals surface area contributed by atoms with E-state index in [2.05, 4.69) is 11.9 Å². The van der Waals surface area contributed by atoms with Crippen molar-refractivity contribution in [2.45, 2.75) is 45.1 Å². The van der Waals surface area contributed by atoms with Crippen molar-refractivity contribution in [3.63, 3.8) is 0 Å². The summed E-state index contributed by atoms with van der Waals surface area (Å²) in [5.41, 5.74) is 1.09. The SMILES string of the molecule is C=C1CCCC1NC(=O)CC(=O)CC. The van der Waals surface area contributed by atoms with Gasteiger partial charge in [0.15, 0.2) is 0 Å². The van der Waals surface area contributed by atoms with Crippen molar-refractivity contribution in [2.24, 2.45) is 0 Å². The Labute approximate surface area is 84.6 Å². The summed E-state index contributed by atoms with van der Waals surface area (Å²) in [6.07, 6.45) is 3.49. The van der Waals surface area contributed by atoms with Gasteiger partial charge in [-0.3, -0.25) is 9.59 Å². The van der Waals surface area contributed by atoms with E-state index in [1.54, 1.807) is 6.92 Å². The summed E-state index contributed by atoms with van der Waals surface area (Å²) in [4.78, 5) is 22.3. The van der Waals surface area contributed by atoms with Crippen LogP contribution in [0.25, 0.3) is 0 Å². The van der Waals surface area contributed by atoms with E-state index in [4.69, 9.17) is 0 Å². The highest BCUT2D eigenvalue weighted by molar-refractivity contribution is 5.98. The molecule has 1 fully saturated rings. The van der Waals surface area contributed by atoms with E-state index in [9.17, 15) is 9.59 Å². The average molecular weight is 195 g/mol. The van der Waals surface area contributed by atoms with Crippen molar-refractivity contribution in [2.75, 3.05) is 0 Å². The normalized spacial score (nSPS) is 20.9. The summed E-state index contributed by atoms with van der Waals surface area (Å²) in [5, 5.41) is 2.83. The molecule has 0 aromatic carbocycles. The molecular weight excluding hydrogens is 178 g/mol. The molecule has 1 amide bonds. The molecule has 1 saturated carbocycles. The molecule has 0 spiro atoms. The fourth-order valence-corrected chi connectivity index (χ4v) is 1.64. The topological polar surface area (TPSA) is 46.2 Å². The molecule has 0 aromatic heterocycles. The van der Waals surface area contributed by atoms with Crippen LogP contribution in [0.15, 0.2) is 12.2 Å². The zero-order valence-electron chi connectivity index (χ0n) is 8.64. The first-order valence-corrected chi connectivity index (χ1v) is 5.12. The summed E-state index contributed by atoms with van der Waals surface area (Å²) in [6.45, 7) is 5.66. The number of carbonyl (C=O) groups is 2. The minimum Gasteiger partial charge on any atom is -0.349 e. The minimum atomic E-state index is -0.162. The molecule has 1 aliphatic rings. The quantitative estimate of drug-likeness (QED) is 0.547. The van der Waals surface area contributed by atoms with Gasteiger partial charge in [-0.15, -0.1) is 0 Å². The van der Waals surface area contributed by atoms with E-state index in [1.165, 1.54) is 0 Å². The maximum Gasteiger partial charge on any atom is 0.227 e. The lowest BCUT2D eigenvalue weighted by Gasteiger charge is -2.12. The molecule has 14 heavy (non-hydrogen) atoms. The molecule has 0 aromatic rings. The molecule has 0 heterocycles. The second-order valence-corrected chi connectivity index (χ2v) is 3.74. The fourth-order valence-electron chi connectivity index (χ4n) is 1.64. The number of carbonyl (C=O) groups excluding carboxylic acids is 2. The third kappa shape index (κ3) is 2.98. The number of Topliss-reactive ketones (excluding diaryl/α,β-unsaturated/α-hetero) is 1. The summed E-state index contributed by atoms with van der Waals surface area (Å²) >= 11 is 0. The van der Waals surface area contributed by atoms with Crippen molar-refractivity contribution in [1.82, 2.24) is 5.32 Å². The highest BCUT2D eigenvalue weighted by atomic mass is 16.2. The van der Waals surface area contributed by atoms with Crippen molar-refractivity contribution >= 4 is 11.7 Å². The summed E-state index contributed by atoms with van der Waals surface area (Å²) < 4.78 is 0. The molecule has 3 heteroatoms. The molecule has 0 aliphatic heterocycles. The molecule has 0 saturated heterocycles. The van der Waals surface area contributed by atoms with Crippen LogP contribution < -0.4 is 5.32 Å². The molecule has 1 unspecified atom stereocenters. The molecule has 0 radical (unpaired) electrons. The number of amides is 1. The van der Waals surface area contributed by atoms with Crippen LogP contribution in [0.2, 0.25) is 0 Å². The Morgan fingerprint density at radius 1 is 1.57 bits per heavy atom. The Morgan fingerprint density at radius 3 is 2.79 bits per heavy atom. The maximum absolute atomic E-state index is 11.3. The maximum atomic E-state index is 11.3. The van der Waals surface area contributed by atoms with Gasteiger partial charge in [0.1, 0.15) is 5.78 Å². The molecule has 1 rings (SSSR count). The highest BCUT2D eigenvalue weighted by Crippen LogP contribution is 2.22. The number of hydrogen-bond acceptors (Lipinski definition) is 2. The molecule has 1 atom stereocenters. The second-order valence-electron chi connectivity index (χ2n) is 3.74. The molecular formula is C11H17NO2. The third-order valence-electron chi connectivity index (χ3n) is 2.57. The number of hydrogen-bond donors (Lipinski definition) is 1. The molecule has 1 aliphatic carbocycles. The summed E-state index contributed by atoms with van der Waals surface area (Å²) in [7, 11) is 0. The number of ketones is 1. The van der Waals surface area contributed by atoms with Gasteiger partial charge in [0.25, 0.3) is 0 Å². The first-order valence-electron chi connectivity index (χ1n) is 5.12. The minimum absolute atomic E-state index is 0.00823. The van der Waals surface area contributed by atoms with Crippen molar-refractivity contribution in [3.05, 3.63) is 12.2 Å². The monoisotopic (exact) mass is 195 g/mol. The average Bonchev–Trinajstić information content (AvgIpc) is 2.51.